The second-order valence-electron chi connectivity index (χ2n) is 7.14. The fourth-order valence-corrected chi connectivity index (χ4v) is 3.71. The van der Waals surface area contributed by atoms with Gasteiger partial charge < -0.3 is 5.73 Å². The second-order valence-corrected chi connectivity index (χ2v) is 8.25. The van der Waals surface area contributed by atoms with Crippen molar-refractivity contribution in [2.45, 2.75) is 32.6 Å². The van der Waals surface area contributed by atoms with E-state index in [9.17, 15) is 4.79 Å². The molecule has 0 aliphatic carbocycles. The number of hydrogen-bond donors (Lipinski definition) is 1. The Kier molecular flexibility index (Phi) is 4.73. The van der Waals surface area contributed by atoms with Crippen LogP contribution in [0.4, 0.5) is 5.69 Å². The second kappa shape index (κ2) is 6.81. The predicted octanol–water partition coefficient (Wildman–Crippen LogP) is 5.12. The van der Waals surface area contributed by atoms with Gasteiger partial charge in [-0.1, -0.05) is 63.2 Å². The van der Waals surface area contributed by atoms with E-state index >= 15 is 0 Å². The molecule has 0 radical (unpaired) electrons. The third-order valence-electron chi connectivity index (χ3n) is 4.11. The van der Waals surface area contributed by atoms with Crippen molar-refractivity contribution in [3.63, 3.8) is 0 Å². The van der Waals surface area contributed by atoms with E-state index in [1.807, 2.05) is 48.7 Å². The van der Waals surface area contributed by atoms with Gasteiger partial charge in [0.1, 0.15) is 5.01 Å². The van der Waals surface area contributed by atoms with Crippen LogP contribution in [0.5, 0.6) is 0 Å². The van der Waals surface area contributed by atoms with Crippen molar-refractivity contribution < 1.29 is 4.79 Å². The number of nitrogens with two attached hydrogens (primary N) is 1. The average molecular weight is 350 g/mol. The Morgan fingerprint density at radius 2 is 1.84 bits per heavy atom. The number of rotatable bonds is 4. The van der Waals surface area contributed by atoms with Crippen molar-refractivity contribution in [1.82, 2.24) is 4.98 Å². The molecule has 3 aromatic rings. The highest BCUT2D eigenvalue weighted by Gasteiger charge is 2.18. The molecular formula is C21H22N2OS. The maximum absolute atomic E-state index is 12.6. The summed E-state index contributed by atoms with van der Waals surface area (Å²) < 4.78 is 0. The van der Waals surface area contributed by atoms with Gasteiger partial charge in [0.05, 0.1) is 11.3 Å². The molecule has 0 unspecified atom stereocenters. The van der Waals surface area contributed by atoms with E-state index in [1.54, 1.807) is 17.4 Å². The quantitative estimate of drug-likeness (QED) is 0.525. The van der Waals surface area contributed by atoms with Crippen LogP contribution < -0.4 is 5.73 Å². The Bertz CT molecular complexity index is 892. The van der Waals surface area contributed by atoms with Gasteiger partial charge in [-0.2, -0.15) is 0 Å². The van der Waals surface area contributed by atoms with E-state index in [0.29, 0.717) is 17.7 Å². The summed E-state index contributed by atoms with van der Waals surface area (Å²) in [5.41, 5.74) is 9.61. The third kappa shape index (κ3) is 3.97. The molecule has 0 atom stereocenters. The summed E-state index contributed by atoms with van der Waals surface area (Å²) in [5.74, 6) is 0.0427. The van der Waals surface area contributed by atoms with Gasteiger partial charge in [-0.25, -0.2) is 4.98 Å². The number of carbonyl (C=O) groups excluding carboxylic acids is 1. The molecule has 0 saturated carbocycles. The Hall–Kier alpha value is -2.46. The zero-order valence-electron chi connectivity index (χ0n) is 14.7. The fraction of sp³-hybridized carbons (Fsp3) is 0.238. The summed E-state index contributed by atoms with van der Waals surface area (Å²) in [4.78, 5) is 18.1. The number of anilines is 1. The molecule has 3 nitrogen and oxygen atoms in total. The first-order chi connectivity index (χ1) is 11.8. The number of ketones is 1. The maximum Gasteiger partial charge on any atom is 0.169 e. The largest absolute Gasteiger partial charge is 0.398 e. The van der Waals surface area contributed by atoms with Gasteiger partial charge in [0, 0.05) is 17.4 Å². The summed E-state index contributed by atoms with van der Waals surface area (Å²) in [7, 11) is 0. The molecule has 25 heavy (non-hydrogen) atoms. The summed E-state index contributed by atoms with van der Waals surface area (Å²) in [6, 6.07) is 15.7. The van der Waals surface area contributed by atoms with Gasteiger partial charge >= 0.3 is 0 Å². The van der Waals surface area contributed by atoms with E-state index in [-0.39, 0.29) is 11.2 Å². The zero-order chi connectivity index (χ0) is 18.0. The lowest BCUT2D eigenvalue weighted by Crippen LogP contribution is -2.15. The molecule has 3 rings (SSSR count). The van der Waals surface area contributed by atoms with Gasteiger partial charge in [-0.15, -0.1) is 11.3 Å². The molecule has 2 N–H and O–H groups in total. The number of Topliss-reactive ketones (excluding diaryl/α,β-unsaturated/α-hetero) is 1. The topological polar surface area (TPSA) is 56.0 Å². The average Bonchev–Trinajstić information content (AvgIpc) is 3.03. The highest BCUT2D eigenvalue weighted by molar-refractivity contribution is 7.15. The lowest BCUT2D eigenvalue weighted by Gasteiger charge is -2.21. The lowest BCUT2D eigenvalue weighted by atomic mass is 9.85. The van der Waals surface area contributed by atoms with Crippen LogP contribution in [0.2, 0.25) is 0 Å². The molecule has 0 bridgehead atoms. The number of carbonyl (C=O) groups is 1. The zero-order valence-corrected chi connectivity index (χ0v) is 15.6. The van der Waals surface area contributed by atoms with Gasteiger partial charge in [0.2, 0.25) is 0 Å². The van der Waals surface area contributed by atoms with Crippen molar-refractivity contribution in [2.75, 3.05) is 5.73 Å². The summed E-state index contributed by atoms with van der Waals surface area (Å²) in [5, 5.41) is 0.822. The molecule has 1 heterocycles. The van der Waals surface area contributed by atoms with Crippen molar-refractivity contribution in [1.29, 1.82) is 0 Å². The number of benzene rings is 2. The van der Waals surface area contributed by atoms with Crippen LogP contribution in [0, 0.1) is 0 Å². The molecule has 0 aliphatic heterocycles. The SMILES string of the molecule is CC(C)(C)c1ccc(C(=O)Cc2ncc(-c3ccccc3)s2)cc1N. The first-order valence-corrected chi connectivity index (χ1v) is 9.09. The summed E-state index contributed by atoms with van der Waals surface area (Å²) in [6.45, 7) is 6.34. The van der Waals surface area contributed by atoms with Crippen LogP contribution in [0.1, 0.15) is 41.7 Å². The van der Waals surface area contributed by atoms with Crippen LogP contribution in [0.15, 0.2) is 54.7 Å². The van der Waals surface area contributed by atoms with Crippen molar-refractivity contribution >= 4 is 22.8 Å². The van der Waals surface area contributed by atoms with Gasteiger partial charge in [-0.3, -0.25) is 4.79 Å². The molecule has 1 aromatic heterocycles. The van der Waals surface area contributed by atoms with Crippen molar-refractivity contribution in [3.05, 3.63) is 70.9 Å². The molecule has 0 aliphatic rings. The lowest BCUT2D eigenvalue weighted by molar-refractivity contribution is 0.0993. The Morgan fingerprint density at radius 1 is 1.12 bits per heavy atom. The Labute approximate surface area is 152 Å². The number of thiazole rings is 1. The highest BCUT2D eigenvalue weighted by atomic mass is 32.1. The number of hydrogen-bond acceptors (Lipinski definition) is 4. The minimum Gasteiger partial charge on any atom is -0.398 e. The molecular weight excluding hydrogens is 328 g/mol. The van der Waals surface area contributed by atoms with Crippen LogP contribution in [0.3, 0.4) is 0 Å². The standard InChI is InChI=1S/C21H22N2OS/c1-21(2,3)16-10-9-15(11-17(16)22)18(24)12-20-23-13-19(25-20)14-7-5-4-6-8-14/h4-11,13H,12,22H2,1-3H3. The monoisotopic (exact) mass is 350 g/mol. The normalized spacial score (nSPS) is 11.5. The molecule has 2 aromatic carbocycles. The van der Waals surface area contributed by atoms with E-state index in [2.05, 4.69) is 25.8 Å². The number of nitrogens with zero attached hydrogens (tertiary/aromatic N) is 1. The molecule has 0 fully saturated rings. The fourth-order valence-electron chi connectivity index (χ4n) is 2.79. The first kappa shape index (κ1) is 17.4. The van der Waals surface area contributed by atoms with Crippen molar-refractivity contribution in [2.24, 2.45) is 0 Å². The maximum atomic E-state index is 12.6. The molecule has 0 spiro atoms. The Morgan fingerprint density at radius 3 is 2.48 bits per heavy atom. The van der Waals surface area contributed by atoms with Gasteiger partial charge in [0.25, 0.3) is 0 Å². The van der Waals surface area contributed by atoms with E-state index < -0.39 is 0 Å². The predicted molar refractivity (Wildman–Crippen MR) is 105 cm³/mol. The van der Waals surface area contributed by atoms with Gasteiger partial charge in [-0.05, 0) is 22.6 Å². The summed E-state index contributed by atoms with van der Waals surface area (Å²) in [6.07, 6.45) is 2.13. The van der Waals surface area contributed by atoms with Crippen LogP contribution in [0.25, 0.3) is 10.4 Å². The molecule has 0 saturated heterocycles. The van der Waals surface area contributed by atoms with E-state index in [1.165, 1.54) is 0 Å². The number of aromatic nitrogens is 1. The Balaban J connectivity index is 1.77. The third-order valence-corrected chi connectivity index (χ3v) is 5.15. The number of nitrogen functional groups attached to an aromatic ring is 1. The highest BCUT2D eigenvalue weighted by Crippen LogP contribution is 2.29. The summed E-state index contributed by atoms with van der Waals surface area (Å²) >= 11 is 1.56. The van der Waals surface area contributed by atoms with Crippen molar-refractivity contribution in [3.8, 4) is 10.4 Å². The molecule has 4 heteroatoms. The first-order valence-electron chi connectivity index (χ1n) is 8.28. The van der Waals surface area contributed by atoms with Crippen LogP contribution in [-0.2, 0) is 11.8 Å². The molecule has 128 valence electrons. The van der Waals surface area contributed by atoms with Gasteiger partial charge in [0.15, 0.2) is 5.78 Å². The van der Waals surface area contributed by atoms with Crippen LogP contribution >= 0.6 is 11.3 Å². The van der Waals surface area contributed by atoms with Crippen LogP contribution in [-0.4, -0.2) is 10.8 Å². The minimum atomic E-state index is -0.0362. The minimum absolute atomic E-state index is 0.0362. The smallest absolute Gasteiger partial charge is 0.169 e. The molecule has 0 amide bonds. The van der Waals surface area contributed by atoms with E-state index in [4.69, 9.17) is 5.73 Å². The van der Waals surface area contributed by atoms with E-state index in [0.717, 1.165) is 21.0 Å².